The molecule has 0 aliphatic carbocycles. The van der Waals surface area contributed by atoms with Crippen LogP contribution in [0.2, 0.25) is 10.0 Å². The summed E-state index contributed by atoms with van der Waals surface area (Å²) in [5.74, 6) is -0.840. The van der Waals surface area contributed by atoms with Gasteiger partial charge in [-0.3, -0.25) is 9.59 Å². The van der Waals surface area contributed by atoms with Crippen molar-refractivity contribution >= 4 is 58.2 Å². The maximum atomic E-state index is 12.9. The van der Waals surface area contributed by atoms with Crippen molar-refractivity contribution in [3.8, 4) is 0 Å². The number of carbonyl (C=O) groups excluding carboxylic acids is 2. The van der Waals surface area contributed by atoms with E-state index in [4.69, 9.17) is 23.2 Å². The lowest BCUT2D eigenvalue weighted by Crippen LogP contribution is -2.24. The minimum atomic E-state index is -4.50. The van der Waals surface area contributed by atoms with E-state index in [-0.39, 0.29) is 16.3 Å². The molecular formula is C24H19Cl2F3N2O2S. The van der Waals surface area contributed by atoms with E-state index in [2.05, 4.69) is 10.6 Å². The van der Waals surface area contributed by atoms with Crippen molar-refractivity contribution in [1.82, 2.24) is 0 Å². The molecule has 0 saturated heterocycles. The fourth-order valence-corrected chi connectivity index (χ4v) is 4.51. The molecule has 0 radical (unpaired) electrons. The van der Waals surface area contributed by atoms with Crippen molar-refractivity contribution in [2.75, 3.05) is 10.6 Å². The number of anilines is 2. The van der Waals surface area contributed by atoms with Gasteiger partial charge in [-0.25, -0.2) is 0 Å². The van der Waals surface area contributed by atoms with Gasteiger partial charge < -0.3 is 10.6 Å². The van der Waals surface area contributed by atoms with Crippen LogP contribution >= 0.6 is 35.0 Å². The Kier molecular flexibility index (Phi) is 8.52. The summed E-state index contributed by atoms with van der Waals surface area (Å²) in [5.41, 5.74) is -0.0138. The van der Waals surface area contributed by atoms with Gasteiger partial charge in [0, 0.05) is 21.3 Å². The molecule has 2 N–H and O–H groups in total. The number of thioether (sulfide) groups is 1. The van der Waals surface area contributed by atoms with Crippen molar-refractivity contribution in [3.63, 3.8) is 0 Å². The van der Waals surface area contributed by atoms with Crippen LogP contribution in [-0.2, 0) is 11.0 Å². The summed E-state index contributed by atoms with van der Waals surface area (Å²) in [6.07, 6.45) is -4.06. The average molecular weight is 527 g/mol. The molecule has 10 heteroatoms. The zero-order chi connectivity index (χ0) is 24.9. The van der Waals surface area contributed by atoms with Crippen LogP contribution in [0.25, 0.3) is 0 Å². The van der Waals surface area contributed by atoms with Gasteiger partial charge in [-0.05, 0) is 61.0 Å². The zero-order valence-corrected chi connectivity index (χ0v) is 20.1. The Balaban J connectivity index is 1.69. The minimum absolute atomic E-state index is 0.0692. The highest BCUT2D eigenvalue weighted by Crippen LogP contribution is 2.32. The predicted octanol–water partition coefficient (Wildman–Crippen LogP) is 7.77. The van der Waals surface area contributed by atoms with Crippen LogP contribution in [0, 0.1) is 0 Å². The Morgan fingerprint density at radius 1 is 0.941 bits per heavy atom. The van der Waals surface area contributed by atoms with Crippen LogP contribution in [0.1, 0.15) is 29.3 Å². The minimum Gasteiger partial charge on any atom is -0.325 e. The molecule has 0 aliphatic rings. The normalized spacial score (nSPS) is 12.2. The Morgan fingerprint density at radius 2 is 1.62 bits per heavy atom. The molecule has 4 nitrogen and oxygen atoms in total. The topological polar surface area (TPSA) is 58.2 Å². The lowest BCUT2D eigenvalue weighted by molar-refractivity contribution is -0.137. The Hall–Kier alpha value is -2.68. The van der Waals surface area contributed by atoms with Gasteiger partial charge in [-0.1, -0.05) is 42.3 Å². The number of hydrogen-bond acceptors (Lipinski definition) is 3. The van der Waals surface area contributed by atoms with Gasteiger partial charge in [0.25, 0.3) is 5.91 Å². The second-order valence-corrected chi connectivity index (χ2v) is 9.31. The standard InChI is InChI=1S/C24H19Cl2F3N2O2S/c1-2-21(23(33)31-16-6-3-5-14(11-16)24(27,28)29)34-18-8-4-7-17(13-18)30-22(32)19-10-9-15(25)12-20(19)26/h3-13,21H,2H2,1H3,(H,30,32)(H,31,33). The fourth-order valence-electron chi connectivity index (χ4n) is 3.00. The second-order valence-electron chi connectivity index (χ2n) is 7.19. The van der Waals surface area contributed by atoms with Crippen molar-refractivity contribution < 1.29 is 22.8 Å². The first-order chi connectivity index (χ1) is 16.1. The third kappa shape index (κ3) is 6.91. The average Bonchev–Trinajstić information content (AvgIpc) is 2.77. The van der Waals surface area contributed by atoms with E-state index < -0.39 is 28.8 Å². The molecule has 3 rings (SSSR count). The van der Waals surface area contributed by atoms with Crippen molar-refractivity contribution in [2.45, 2.75) is 29.7 Å². The van der Waals surface area contributed by atoms with E-state index in [0.29, 0.717) is 22.0 Å². The molecule has 0 bridgehead atoms. The summed E-state index contributed by atoms with van der Waals surface area (Å²) >= 11 is 13.2. The molecule has 0 fully saturated rings. The van der Waals surface area contributed by atoms with E-state index in [1.54, 1.807) is 37.3 Å². The Bertz CT molecular complexity index is 1200. The van der Waals surface area contributed by atoms with E-state index in [1.165, 1.54) is 36.0 Å². The van der Waals surface area contributed by atoms with E-state index in [9.17, 15) is 22.8 Å². The van der Waals surface area contributed by atoms with Gasteiger partial charge in [0.2, 0.25) is 5.91 Å². The van der Waals surface area contributed by atoms with E-state index in [0.717, 1.165) is 12.1 Å². The number of nitrogens with one attached hydrogen (secondary N) is 2. The highest BCUT2D eigenvalue weighted by atomic mass is 35.5. The van der Waals surface area contributed by atoms with Crippen molar-refractivity contribution in [2.24, 2.45) is 0 Å². The highest BCUT2D eigenvalue weighted by Gasteiger charge is 2.30. The first-order valence-corrected chi connectivity index (χ1v) is 11.7. The van der Waals surface area contributed by atoms with Gasteiger partial charge in [0.15, 0.2) is 0 Å². The zero-order valence-electron chi connectivity index (χ0n) is 17.7. The number of benzene rings is 3. The number of amides is 2. The summed E-state index contributed by atoms with van der Waals surface area (Å²) in [7, 11) is 0. The van der Waals surface area contributed by atoms with Crippen LogP contribution < -0.4 is 10.6 Å². The lowest BCUT2D eigenvalue weighted by Gasteiger charge is -2.16. The Labute approximate surface area is 208 Å². The molecule has 0 aliphatic heterocycles. The van der Waals surface area contributed by atoms with E-state index >= 15 is 0 Å². The van der Waals surface area contributed by atoms with Crippen molar-refractivity contribution in [1.29, 1.82) is 0 Å². The number of hydrogen-bond donors (Lipinski definition) is 2. The third-order valence-corrected chi connectivity index (χ3v) is 6.57. The van der Waals surface area contributed by atoms with Crippen LogP contribution in [0.4, 0.5) is 24.5 Å². The molecule has 178 valence electrons. The molecule has 0 saturated carbocycles. The SMILES string of the molecule is CCC(Sc1cccc(NC(=O)c2ccc(Cl)cc2Cl)c1)C(=O)Nc1cccc(C(F)(F)F)c1. The molecule has 3 aromatic carbocycles. The fraction of sp³-hybridized carbons (Fsp3) is 0.167. The molecule has 0 spiro atoms. The summed E-state index contributed by atoms with van der Waals surface area (Å²) in [6, 6.07) is 15.9. The quantitative estimate of drug-likeness (QED) is 0.309. The molecule has 0 heterocycles. The van der Waals surface area contributed by atoms with Crippen molar-refractivity contribution in [3.05, 3.63) is 87.9 Å². The molecule has 0 aromatic heterocycles. The van der Waals surface area contributed by atoms with Gasteiger partial charge in [-0.2, -0.15) is 13.2 Å². The molecule has 1 unspecified atom stereocenters. The predicted molar refractivity (Wildman–Crippen MR) is 131 cm³/mol. The molecular weight excluding hydrogens is 508 g/mol. The lowest BCUT2D eigenvalue weighted by atomic mass is 10.2. The highest BCUT2D eigenvalue weighted by molar-refractivity contribution is 8.00. The molecule has 34 heavy (non-hydrogen) atoms. The van der Waals surface area contributed by atoms with Crippen LogP contribution in [-0.4, -0.2) is 17.1 Å². The maximum Gasteiger partial charge on any atom is 0.416 e. The third-order valence-electron chi connectivity index (χ3n) is 4.67. The monoisotopic (exact) mass is 526 g/mol. The molecule has 2 amide bonds. The molecule has 3 aromatic rings. The number of halogens is 5. The summed E-state index contributed by atoms with van der Waals surface area (Å²) in [5, 5.41) is 5.37. The number of rotatable bonds is 7. The second kappa shape index (κ2) is 11.2. The van der Waals surface area contributed by atoms with Gasteiger partial charge >= 0.3 is 6.18 Å². The van der Waals surface area contributed by atoms with Gasteiger partial charge in [0.1, 0.15) is 0 Å². The number of carbonyl (C=O) groups is 2. The van der Waals surface area contributed by atoms with Crippen LogP contribution in [0.3, 0.4) is 0 Å². The summed E-state index contributed by atoms with van der Waals surface area (Å²) in [6.45, 7) is 1.80. The van der Waals surface area contributed by atoms with Gasteiger partial charge in [-0.15, -0.1) is 11.8 Å². The molecule has 1 atom stereocenters. The Morgan fingerprint density at radius 3 is 2.26 bits per heavy atom. The van der Waals surface area contributed by atoms with Crippen LogP contribution in [0.15, 0.2) is 71.6 Å². The first kappa shape index (κ1) is 25.9. The van der Waals surface area contributed by atoms with Gasteiger partial charge in [0.05, 0.1) is 21.4 Å². The van der Waals surface area contributed by atoms with Crippen LogP contribution in [0.5, 0.6) is 0 Å². The summed E-state index contributed by atoms with van der Waals surface area (Å²) in [4.78, 5) is 26.0. The smallest absolute Gasteiger partial charge is 0.325 e. The largest absolute Gasteiger partial charge is 0.416 e. The first-order valence-electron chi connectivity index (χ1n) is 10.1. The maximum absolute atomic E-state index is 12.9. The summed E-state index contributed by atoms with van der Waals surface area (Å²) < 4.78 is 38.8. The number of alkyl halides is 3. The van der Waals surface area contributed by atoms with E-state index in [1.807, 2.05) is 0 Å².